The van der Waals surface area contributed by atoms with Crippen molar-refractivity contribution in [3.8, 4) is 0 Å². The molecule has 2 heterocycles. The summed E-state index contributed by atoms with van der Waals surface area (Å²) in [5.74, 6) is 1.25. The standard InChI is InChI=1S/C14H16Cl2N2S/c1-10(2)18(9-11-4-3-7-19-11)14-6-5-12(16)13(8-15)17-14/h3-7,10H,8-9H2,1-2H3. The molecule has 0 radical (unpaired) electrons. The number of nitrogens with zero attached hydrogens (tertiary/aromatic N) is 2. The monoisotopic (exact) mass is 314 g/mol. The number of hydrogen-bond donors (Lipinski definition) is 0. The molecule has 0 spiro atoms. The molecular weight excluding hydrogens is 299 g/mol. The summed E-state index contributed by atoms with van der Waals surface area (Å²) in [4.78, 5) is 8.13. The Morgan fingerprint density at radius 2 is 2.11 bits per heavy atom. The fourth-order valence-electron chi connectivity index (χ4n) is 1.83. The van der Waals surface area contributed by atoms with Crippen molar-refractivity contribution >= 4 is 40.4 Å². The largest absolute Gasteiger partial charge is 0.349 e. The van der Waals surface area contributed by atoms with Gasteiger partial charge < -0.3 is 4.90 Å². The molecule has 0 saturated heterocycles. The van der Waals surface area contributed by atoms with E-state index in [-0.39, 0.29) is 0 Å². The third kappa shape index (κ3) is 3.62. The number of halogens is 2. The summed E-state index contributed by atoms with van der Waals surface area (Å²) in [6.45, 7) is 5.17. The molecule has 0 aliphatic carbocycles. The number of hydrogen-bond acceptors (Lipinski definition) is 3. The number of anilines is 1. The van der Waals surface area contributed by atoms with Gasteiger partial charge in [0.15, 0.2) is 0 Å². The Hall–Kier alpha value is -0.770. The summed E-state index contributed by atoms with van der Waals surface area (Å²) in [5, 5.41) is 2.71. The SMILES string of the molecule is CC(C)N(Cc1cccs1)c1ccc(Cl)c(CCl)n1. The zero-order chi connectivity index (χ0) is 13.8. The average Bonchev–Trinajstić information content (AvgIpc) is 2.89. The van der Waals surface area contributed by atoms with E-state index in [9.17, 15) is 0 Å². The van der Waals surface area contributed by atoms with Gasteiger partial charge in [0, 0.05) is 10.9 Å². The Bertz CT molecular complexity index is 526. The molecule has 5 heteroatoms. The van der Waals surface area contributed by atoms with Gasteiger partial charge in [0.05, 0.1) is 23.1 Å². The van der Waals surface area contributed by atoms with Crippen LogP contribution in [0.4, 0.5) is 5.82 Å². The van der Waals surface area contributed by atoms with Gasteiger partial charge in [-0.2, -0.15) is 0 Å². The van der Waals surface area contributed by atoms with E-state index in [0.29, 0.717) is 16.9 Å². The average molecular weight is 315 g/mol. The fourth-order valence-corrected chi connectivity index (χ4v) is 2.97. The molecule has 102 valence electrons. The predicted octanol–water partition coefficient (Wildman–Crippen LogP) is 4.95. The maximum atomic E-state index is 6.06. The van der Waals surface area contributed by atoms with E-state index in [1.807, 2.05) is 12.1 Å². The zero-order valence-electron chi connectivity index (χ0n) is 10.9. The van der Waals surface area contributed by atoms with Gasteiger partial charge >= 0.3 is 0 Å². The van der Waals surface area contributed by atoms with Crippen molar-refractivity contribution < 1.29 is 0 Å². The molecule has 2 aromatic rings. The van der Waals surface area contributed by atoms with E-state index in [4.69, 9.17) is 23.2 Å². The van der Waals surface area contributed by atoms with E-state index < -0.39 is 0 Å². The van der Waals surface area contributed by atoms with Crippen molar-refractivity contribution in [3.05, 3.63) is 45.2 Å². The summed E-state index contributed by atoms with van der Waals surface area (Å²) >= 11 is 13.7. The molecule has 0 amide bonds. The van der Waals surface area contributed by atoms with Gasteiger partial charge in [0.25, 0.3) is 0 Å². The maximum absolute atomic E-state index is 6.06. The molecule has 2 aromatic heterocycles. The van der Waals surface area contributed by atoms with Crippen LogP contribution in [0.2, 0.25) is 5.02 Å². The Balaban J connectivity index is 2.28. The van der Waals surface area contributed by atoms with Crippen LogP contribution in [0, 0.1) is 0 Å². The molecule has 0 bridgehead atoms. The lowest BCUT2D eigenvalue weighted by atomic mass is 10.2. The summed E-state index contributed by atoms with van der Waals surface area (Å²) in [6.07, 6.45) is 0. The van der Waals surface area contributed by atoms with E-state index in [2.05, 4.69) is 41.2 Å². The van der Waals surface area contributed by atoms with E-state index >= 15 is 0 Å². The zero-order valence-corrected chi connectivity index (χ0v) is 13.3. The van der Waals surface area contributed by atoms with E-state index in [1.54, 1.807) is 11.3 Å². The van der Waals surface area contributed by atoms with Gasteiger partial charge in [-0.15, -0.1) is 22.9 Å². The molecular formula is C14H16Cl2N2S. The topological polar surface area (TPSA) is 16.1 Å². The van der Waals surface area contributed by atoms with Gasteiger partial charge in [-0.05, 0) is 37.4 Å². The van der Waals surface area contributed by atoms with Crippen molar-refractivity contribution in [2.45, 2.75) is 32.3 Å². The van der Waals surface area contributed by atoms with Crippen LogP contribution in [-0.2, 0) is 12.4 Å². The lowest BCUT2D eigenvalue weighted by Gasteiger charge is -2.27. The highest BCUT2D eigenvalue weighted by molar-refractivity contribution is 7.09. The summed E-state index contributed by atoms with van der Waals surface area (Å²) in [6, 6.07) is 8.38. The normalized spacial score (nSPS) is 11.0. The van der Waals surface area contributed by atoms with Gasteiger partial charge in [0.1, 0.15) is 5.82 Å². The second kappa shape index (κ2) is 6.60. The molecule has 19 heavy (non-hydrogen) atoms. The fraction of sp³-hybridized carbons (Fsp3) is 0.357. The third-order valence-corrected chi connectivity index (χ3v) is 4.31. The molecule has 0 saturated carbocycles. The van der Waals surface area contributed by atoms with Crippen molar-refractivity contribution in [1.29, 1.82) is 0 Å². The summed E-state index contributed by atoms with van der Waals surface area (Å²) in [5.41, 5.74) is 0.734. The van der Waals surface area contributed by atoms with Gasteiger partial charge in [0.2, 0.25) is 0 Å². The first-order valence-corrected chi connectivity index (χ1v) is 7.91. The van der Waals surface area contributed by atoms with Crippen molar-refractivity contribution in [3.63, 3.8) is 0 Å². The minimum atomic E-state index is 0.331. The van der Waals surface area contributed by atoms with Gasteiger partial charge in [-0.1, -0.05) is 17.7 Å². The van der Waals surface area contributed by atoms with Crippen LogP contribution in [0.15, 0.2) is 29.6 Å². The first kappa shape index (κ1) is 14.6. The maximum Gasteiger partial charge on any atom is 0.129 e. The summed E-state index contributed by atoms with van der Waals surface area (Å²) in [7, 11) is 0. The second-order valence-corrected chi connectivity index (χ2v) is 6.24. The van der Waals surface area contributed by atoms with Crippen molar-refractivity contribution in [2.75, 3.05) is 4.90 Å². The van der Waals surface area contributed by atoms with E-state index in [0.717, 1.165) is 18.1 Å². The van der Waals surface area contributed by atoms with Gasteiger partial charge in [-0.3, -0.25) is 0 Å². The number of rotatable bonds is 5. The molecule has 0 atom stereocenters. The van der Waals surface area contributed by atoms with Crippen molar-refractivity contribution in [2.24, 2.45) is 0 Å². The first-order chi connectivity index (χ1) is 9.11. The highest BCUT2D eigenvalue weighted by Gasteiger charge is 2.14. The quantitative estimate of drug-likeness (QED) is 0.726. The molecule has 0 N–H and O–H groups in total. The van der Waals surface area contributed by atoms with Gasteiger partial charge in [-0.25, -0.2) is 4.98 Å². The Morgan fingerprint density at radius 1 is 1.32 bits per heavy atom. The molecule has 2 rings (SSSR count). The smallest absolute Gasteiger partial charge is 0.129 e. The molecule has 0 aliphatic heterocycles. The Kier molecular flexibility index (Phi) is 5.08. The number of aromatic nitrogens is 1. The number of pyridine rings is 1. The Labute approximate surface area is 128 Å². The van der Waals surface area contributed by atoms with Crippen LogP contribution in [0.5, 0.6) is 0 Å². The Morgan fingerprint density at radius 3 is 2.68 bits per heavy atom. The second-order valence-electron chi connectivity index (χ2n) is 4.53. The first-order valence-electron chi connectivity index (χ1n) is 6.12. The third-order valence-electron chi connectivity index (χ3n) is 2.85. The van der Waals surface area contributed by atoms with Crippen LogP contribution in [-0.4, -0.2) is 11.0 Å². The molecule has 0 unspecified atom stereocenters. The molecule has 0 aliphatic rings. The molecule has 2 nitrogen and oxygen atoms in total. The highest BCUT2D eigenvalue weighted by atomic mass is 35.5. The molecule has 0 fully saturated rings. The van der Waals surface area contributed by atoms with Crippen LogP contribution < -0.4 is 4.90 Å². The lowest BCUT2D eigenvalue weighted by molar-refractivity contribution is 0.676. The summed E-state index contributed by atoms with van der Waals surface area (Å²) < 4.78 is 0. The number of thiophene rings is 1. The molecule has 0 aromatic carbocycles. The van der Waals surface area contributed by atoms with Crippen LogP contribution in [0.25, 0.3) is 0 Å². The number of alkyl halides is 1. The lowest BCUT2D eigenvalue weighted by Crippen LogP contribution is -2.30. The predicted molar refractivity (Wildman–Crippen MR) is 84.4 cm³/mol. The minimum absolute atomic E-state index is 0.331. The van der Waals surface area contributed by atoms with Crippen LogP contribution >= 0.6 is 34.5 Å². The van der Waals surface area contributed by atoms with Crippen molar-refractivity contribution in [1.82, 2.24) is 4.98 Å². The van der Waals surface area contributed by atoms with E-state index in [1.165, 1.54) is 4.88 Å². The minimum Gasteiger partial charge on any atom is -0.349 e. The van der Waals surface area contributed by atoms with Crippen LogP contribution in [0.1, 0.15) is 24.4 Å². The van der Waals surface area contributed by atoms with Crippen LogP contribution in [0.3, 0.4) is 0 Å². The highest BCUT2D eigenvalue weighted by Crippen LogP contribution is 2.24.